The number of rotatable bonds is 3. The predicted octanol–water partition coefficient (Wildman–Crippen LogP) is 4.29. The second kappa shape index (κ2) is 7.51. The zero-order valence-electron chi connectivity index (χ0n) is 15.8. The molecule has 0 aliphatic carbocycles. The molecule has 1 amide bonds. The number of aliphatic hydroxyl groups is 1. The molecule has 1 aliphatic rings. The van der Waals surface area contributed by atoms with Gasteiger partial charge in [-0.2, -0.15) is 0 Å². The lowest BCUT2D eigenvalue weighted by molar-refractivity contribution is -0.132. The number of Topliss-reactive ketones (excluding diaryl/α,β-unsaturated/α-hetero) is 1. The lowest BCUT2D eigenvalue weighted by atomic mass is 9.96. The zero-order chi connectivity index (χ0) is 21.4. The molecule has 0 radical (unpaired) electrons. The molecular formula is C23H16F2N2O3. The Kier molecular flexibility index (Phi) is 4.87. The number of hydrogen-bond acceptors (Lipinski definition) is 4. The van der Waals surface area contributed by atoms with Crippen molar-refractivity contribution in [2.24, 2.45) is 0 Å². The second-order valence-electron chi connectivity index (χ2n) is 6.92. The maximum atomic E-state index is 13.9. The fourth-order valence-corrected chi connectivity index (χ4v) is 3.45. The summed E-state index contributed by atoms with van der Waals surface area (Å²) in [6, 6.07) is 11.9. The van der Waals surface area contributed by atoms with Gasteiger partial charge >= 0.3 is 0 Å². The van der Waals surface area contributed by atoms with Gasteiger partial charge in [0.25, 0.3) is 11.7 Å². The summed E-state index contributed by atoms with van der Waals surface area (Å²) in [6.07, 6.45) is 2.97. The second-order valence-corrected chi connectivity index (χ2v) is 6.92. The Morgan fingerprint density at radius 2 is 1.77 bits per heavy atom. The fraction of sp³-hybridized carbons (Fsp3) is 0.0870. The summed E-state index contributed by atoms with van der Waals surface area (Å²) >= 11 is 0. The molecule has 4 rings (SSSR count). The lowest BCUT2D eigenvalue weighted by Crippen LogP contribution is -2.29. The number of benzene rings is 2. The van der Waals surface area contributed by atoms with E-state index in [1.807, 2.05) is 6.92 Å². The van der Waals surface area contributed by atoms with Crippen molar-refractivity contribution in [1.29, 1.82) is 0 Å². The van der Waals surface area contributed by atoms with Crippen LogP contribution in [0.15, 0.2) is 72.6 Å². The van der Waals surface area contributed by atoms with Gasteiger partial charge in [0, 0.05) is 29.7 Å². The van der Waals surface area contributed by atoms with Crippen molar-refractivity contribution in [3.63, 3.8) is 0 Å². The number of carbonyl (C=O) groups excluding carboxylic acids is 2. The van der Waals surface area contributed by atoms with E-state index in [0.29, 0.717) is 11.1 Å². The van der Waals surface area contributed by atoms with Crippen LogP contribution in [-0.2, 0) is 9.59 Å². The number of aliphatic hydroxyl groups excluding tert-OH is 1. The van der Waals surface area contributed by atoms with E-state index in [2.05, 4.69) is 4.98 Å². The molecule has 1 unspecified atom stereocenters. The summed E-state index contributed by atoms with van der Waals surface area (Å²) < 4.78 is 27.3. The van der Waals surface area contributed by atoms with Crippen LogP contribution >= 0.6 is 0 Å². The molecule has 2 heterocycles. The van der Waals surface area contributed by atoms with Gasteiger partial charge in [-0.25, -0.2) is 8.78 Å². The molecule has 7 heteroatoms. The summed E-state index contributed by atoms with van der Waals surface area (Å²) in [4.78, 5) is 30.9. The van der Waals surface area contributed by atoms with Gasteiger partial charge in [-0.15, -0.1) is 0 Å². The number of aromatic nitrogens is 1. The summed E-state index contributed by atoms with van der Waals surface area (Å²) in [7, 11) is 0. The van der Waals surface area contributed by atoms with E-state index >= 15 is 0 Å². The number of hydrogen-bond donors (Lipinski definition) is 1. The minimum absolute atomic E-state index is 0.00666. The first-order chi connectivity index (χ1) is 14.4. The minimum Gasteiger partial charge on any atom is -0.507 e. The van der Waals surface area contributed by atoms with Crippen LogP contribution in [0.3, 0.4) is 0 Å². The van der Waals surface area contributed by atoms with E-state index in [1.54, 1.807) is 36.4 Å². The third kappa shape index (κ3) is 3.24. The normalized spacial score (nSPS) is 18.1. The van der Waals surface area contributed by atoms with E-state index in [4.69, 9.17) is 0 Å². The van der Waals surface area contributed by atoms with Crippen molar-refractivity contribution >= 4 is 23.1 Å². The number of nitrogens with zero attached hydrogens (tertiary/aromatic N) is 2. The number of ketones is 1. The molecule has 0 bridgehead atoms. The highest BCUT2D eigenvalue weighted by Gasteiger charge is 2.47. The molecule has 1 aromatic heterocycles. The molecule has 1 N–H and O–H groups in total. The van der Waals surface area contributed by atoms with Crippen LogP contribution in [0, 0.1) is 18.6 Å². The summed E-state index contributed by atoms with van der Waals surface area (Å²) in [5.41, 5.74) is 1.60. The summed E-state index contributed by atoms with van der Waals surface area (Å²) in [5, 5.41) is 10.9. The third-order valence-electron chi connectivity index (χ3n) is 4.95. The van der Waals surface area contributed by atoms with Gasteiger partial charge in [-0.1, -0.05) is 35.9 Å². The minimum atomic E-state index is -1.15. The van der Waals surface area contributed by atoms with Crippen LogP contribution in [0.4, 0.5) is 14.5 Å². The average Bonchev–Trinajstić information content (AvgIpc) is 3.01. The number of amides is 1. The Bertz CT molecular complexity index is 1170. The molecule has 5 nitrogen and oxygen atoms in total. The molecule has 1 fully saturated rings. The van der Waals surface area contributed by atoms with Crippen molar-refractivity contribution in [3.05, 3.63) is 101 Å². The van der Waals surface area contributed by atoms with Gasteiger partial charge in [-0.05, 0) is 30.7 Å². The Morgan fingerprint density at radius 1 is 1.03 bits per heavy atom. The molecule has 30 heavy (non-hydrogen) atoms. The van der Waals surface area contributed by atoms with Crippen LogP contribution in [-0.4, -0.2) is 21.8 Å². The molecule has 0 saturated carbocycles. The third-order valence-corrected chi connectivity index (χ3v) is 4.95. The Balaban J connectivity index is 1.94. The quantitative estimate of drug-likeness (QED) is 0.400. The Hall–Kier alpha value is -3.87. The van der Waals surface area contributed by atoms with Crippen LogP contribution in [0.25, 0.3) is 5.76 Å². The highest BCUT2D eigenvalue weighted by molar-refractivity contribution is 6.51. The van der Waals surface area contributed by atoms with Crippen molar-refractivity contribution < 1.29 is 23.5 Å². The van der Waals surface area contributed by atoms with Gasteiger partial charge in [0.1, 0.15) is 5.76 Å². The Labute approximate surface area is 170 Å². The number of carbonyl (C=O) groups is 2. The van der Waals surface area contributed by atoms with Crippen LogP contribution in [0.2, 0.25) is 0 Å². The van der Waals surface area contributed by atoms with Crippen molar-refractivity contribution in [2.75, 3.05) is 4.90 Å². The number of aryl methyl sites for hydroxylation is 1. The Morgan fingerprint density at radius 3 is 2.40 bits per heavy atom. The molecule has 0 spiro atoms. The number of anilines is 1. The first-order valence-electron chi connectivity index (χ1n) is 9.11. The van der Waals surface area contributed by atoms with Crippen LogP contribution < -0.4 is 4.90 Å². The molecule has 3 aromatic rings. The van der Waals surface area contributed by atoms with Crippen molar-refractivity contribution in [3.8, 4) is 0 Å². The molecule has 1 atom stereocenters. The highest BCUT2D eigenvalue weighted by atomic mass is 19.2. The van der Waals surface area contributed by atoms with Crippen LogP contribution in [0.1, 0.15) is 22.7 Å². The van der Waals surface area contributed by atoms with E-state index in [0.717, 1.165) is 22.6 Å². The van der Waals surface area contributed by atoms with Gasteiger partial charge < -0.3 is 5.11 Å². The maximum Gasteiger partial charge on any atom is 0.300 e. The molecule has 1 saturated heterocycles. The van der Waals surface area contributed by atoms with Gasteiger partial charge in [-0.3, -0.25) is 19.5 Å². The van der Waals surface area contributed by atoms with Gasteiger partial charge in [0.15, 0.2) is 11.6 Å². The first kappa shape index (κ1) is 19.4. The fourth-order valence-electron chi connectivity index (χ4n) is 3.45. The molecule has 150 valence electrons. The van der Waals surface area contributed by atoms with E-state index in [-0.39, 0.29) is 17.0 Å². The smallest absolute Gasteiger partial charge is 0.300 e. The molecule has 1 aliphatic heterocycles. The van der Waals surface area contributed by atoms with Crippen molar-refractivity contribution in [2.45, 2.75) is 13.0 Å². The summed E-state index contributed by atoms with van der Waals surface area (Å²) in [5.74, 6) is -4.46. The molecule has 2 aromatic carbocycles. The predicted molar refractivity (Wildman–Crippen MR) is 107 cm³/mol. The maximum absolute atomic E-state index is 13.9. The topological polar surface area (TPSA) is 70.5 Å². The number of pyridine rings is 1. The standard InChI is InChI=1S/C23H16F2N2O3/c1-13-4-6-14(7-5-13)21(28)19-20(15-3-2-10-26-12-15)27(23(30)22(19)29)16-8-9-17(24)18(25)11-16/h2-12,20,28H,1H3/b21-19+. The lowest BCUT2D eigenvalue weighted by Gasteiger charge is -2.25. The highest BCUT2D eigenvalue weighted by Crippen LogP contribution is 2.42. The zero-order valence-corrected chi connectivity index (χ0v) is 15.8. The first-order valence-corrected chi connectivity index (χ1v) is 9.11. The van der Waals surface area contributed by atoms with Gasteiger partial charge in [0.05, 0.1) is 11.6 Å². The van der Waals surface area contributed by atoms with Gasteiger partial charge in [0.2, 0.25) is 0 Å². The SMILES string of the molecule is Cc1ccc(/C(O)=C2\C(=O)C(=O)N(c3ccc(F)c(F)c3)C2c2cccnc2)cc1. The van der Waals surface area contributed by atoms with E-state index in [9.17, 15) is 23.5 Å². The largest absolute Gasteiger partial charge is 0.507 e. The average molecular weight is 406 g/mol. The van der Waals surface area contributed by atoms with E-state index < -0.39 is 29.4 Å². The molecular weight excluding hydrogens is 390 g/mol. The van der Waals surface area contributed by atoms with Crippen LogP contribution in [0.5, 0.6) is 0 Å². The van der Waals surface area contributed by atoms with Crippen molar-refractivity contribution in [1.82, 2.24) is 4.98 Å². The van der Waals surface area contributed by atoms with E-state index in [1.165, 1.54) is 18.5 Å². The monoisotopic (exact) mass is 406 g/mol. The summed E-state index contributed by atoms with van der Waals surface area (Å²) in [6.45, 7) is 1.88. The number of halogens is 2.